The molecule has 0 spiro atoms. The number of esters is 1. The van der Waals surface area contributed by atoms with E-state index in [0.29, 0.717) is 23.2 Å². The van der Waals surface area contributed by atoms with Crippen LogP contribution >= 0.6 is 0 Å². The first-order valence-electron chi connectivity index (χ1n) is 14.1. The fourth-order valence-corrected chi connectivity index (χ4v) is 5.85. The molecule has 3 saturated heterocycles. The van der Waals surface area contributed by atoms with Crippen molar-refractivity contribution in [1.29, 1.82) is 0 Å². The van der Waals surface area contributed by atoms with E-state index in [1.54, 1.807) is 35.1 Å². The summed E-state index contributed by atoms with van der Waals surface area (Å²) in [6.45, 7) is 9.29. The quantitative estimate of drug-likeness (QED) is 0.413. The van der Waals surface area contributed by atoms with Crippen molar-refractivity contribution in [2.45, 2.75) is 83.5 Å². The number of aromatic nitrogens is 4. The number of nitrogens with zero attached hydrogens (tertiary/aromatic N) is 4. The number of carbonyl (C=O) groups is 2. The van der Waals surface area contributed by atoms with Crippen molar-refractivity contribution in [3.63, 3.8) is 0 Å². The largest absolute Gasteiger partial charge is 0.467 e. The number of carbonyl (C=O) groups excluding carboxylic acids is 2. The maximum atomic E-state index is 13.3. The van der Waals surface area contributed by atoms with Gasteiger partial charge in [0.2, 0.25) is 0 Å². The van der Waals surface area contributed by atoms with E-state index >= 15 is 0 Å². The Balaban J connectivity index is 1.28. The van der Waals surface area contributed by atoms with Gasteiger partial charge >= 0.3 is 5.97 Å². The highest BCUT2D eigenvalue weighted by atomic mass is 16.8. The number of benzene rings is 1. The van der Waals surface area contributed by atoms with Gasteiger partial charge in [-0.05, 0) is 40.7 Å². The van der Waals surface area contributed by atoms with E-state index in [1.165, 1.54) is 24.7 Å². The lowest BCUT2D eigenvalue weighted by atomic mass is 9.91. The molecular weight excluding hydrogens is 562 g/mol. The number of rotatable bonds is 6. The van der Waals surface area contributed by atoms with Gasteiger partial charge in [-0.1, -0.05) is 23.4 Å². The second-order valence-corrected chi connectivity index (χ2v) is 11.9. The Morgan fingerprint density at radius 2 is 1.86 bits per heavy atom. The third-order valence-electron chi connectivity index (χ3n) is 7.82. The summed E-state index contributed by atoms with van der Waals surface area (Å²) in [6, 6.07) is 7.39. The zero-order chi connectivity index (χ0) is 30.7. The van der Waals surface area contributed by atoms with Crippen molar-refractivity contribution in [2.24, 2.45) is 5.92 Å². The Hall–Kier alpha value is -3.69. The molecule has 1 N–H and O–H groups in total. The number of hydrogen-bond acceptors (Lipinski definition) is 11. The number of hydrogen-bond donors (Lipinski definition) is 1. The van der Waals surface area contributed by atoms with E-state index in [4.69, 9.17) is 23.7 Å². The molecule has 230 valence electrons. The van der Waals surface area contributed by atoms with Gasteiger partial charge in [-0.15, -0.1) is 5.10 Å². The minimum atomic E-state index is -0.885. The standard InChI is InChI=1S/C29H35N5O9/c1-15(26(37)38-6)30-24(36)18-11-21(35)33(20-10-8-7-9-17(18)20)12-16-13-34(32-31-16)25-19-14-39-28(2,3)41-22(19)23-27(40-25)43-29(4,5)42-23/h7-11,13,15,19,22-23,25,27H,12,14H2,1-6H3,(H,30,36)/t15-,19+,22+,23-,25?,27-/m0/s1. The molecule has 0 bridgehead atoms. The van der Waals surface area contributed by atoms with Crippen LogP contribution in [0.25, 0.3) is 10.9 Å². The lowest BCUT2D eigenvalue weighted by molar-refractivity contribution is -0.362. The highest BCUT2D eigenvalue weighted by molar-refractivity contribution is 6.07. The normalized spacial score (nSPS) is 28.1. The minimum absolute atomic E-state index is 0.0827. The number of para-hydroxylation sites is 1. The molecule has 1 unspecified atom stereocenters. The van der Waals surface area contributed by atoms with E-state index < -0.39 is 53.7 Å². The Morgan fingerprint density at radius 3 is 2.63 bits per heavy atom. The van der Waals surface area contributed by atoms with Gasteiger partial charge in [0.1, 0.15) is 23.9 Å². The average molecular weight is 598 g/mol. The van der Waals surface area contributed by atoms with E-state index in [9.17, 15) is 14.4 Å². The van der Waals surface area contributed by atoms with Crippen LogP contribution in [0.15, 0.2) is 41.3 Å². The molecule has 3 aliphatic heterocycles. The molecule has 2 aromatic heterocycles. The Morgan fingerprint density at radius 1 is 1.12 bits per heavy atom. The molecule has 43 heavy (non-hydrogen) atoms. The number of fused-ring (bicyclic) bond motifs is 4. The third-order valence-corrected chi connectivity index (χ3v) is 7.82. The zero-order valence-electron chi connectivity index (χ0n) is 24.8. The first kappa shape index (κ1) is 29.4. The van der Waals surface area contributed by atoms with Crippen LogP contribution in [0.5, 0.6) is 0 Å². The molecule has 14 heteroatoms. The van der Waals surface area contributed by atoms with Crippen molar-refractivity contribution in [1.82, 2.24) is 24.9 Å². The van der Waals surface area contributed by atoms with Gasteiger partial charge in [0.05, 0.1) is 43.5 Å². The smallest absolute Gasteiger partial charge is 0.328 e. The summed E-state index contributed by atoms with van der Waals surface area (Å²) in [5.74, 6) is -3.08. The van der Waals surface area contributed by atoms with Gasteiger partial charge in [-0.25, -0.2) is 9.48 Å². The molecule has 6 atom stereocenters. The molecule has 0 saturated carbocycles. The number of ether oxygens (including phenoxy) is 6. The summed E-state index contributed by atoms with van der Waals surface area (Å²) in [5, 5.41) is 11.8. The van der Waals surface area contributed by atoms with Gasteiger partial charge in [0.15, 0.2) is 24.1 Å². The van der Waals surface area contributed by atoms with Crippen LogP contribution in [0.2, 0.25) is 0 Å². The van der Waals surface area contributed by atoms with E-state index in [1.807, 2.05) is 27.7 Å². The number of methoxy groups -OCH3 is 1. The molecular formula is C29H35N5O9. The number of pyridine rings is 1. The second kappa shape index (κ2) is 10.8. The monoisotopic (exact) mass is 597 g/mol. The van der Waals surface area contributed by atoms with Gasteiger partial charge in [0, 0.05) is 11.5 Å². The molecule has 3 aliphatic rings. The fourth-order valence-electron chi connectivity index (χ4n) is 5.85. The first-order valence-corrected chi connectivity index (χ1v) is 14.1. The highest BCUT2D eigenvalue weighted by Gasteiger charge is 2.58. The topological polar surface area (TPSA) is 154 Å². The average Bonchev–Trinajstić information content (AvgIpc) is 3.55. The minimum Gasteiger partial charge on any atom is -0.467 e. The van der Waals surface area contributed by atoms with Crippen molar-refractivity contribution in [2.75, 3.05) is 13.7 Å². The van der Waals surface area contributed by atoms with Gasteiger partial charge < -0.3 is 38.3 Å². The summed E-state index contributed by atoms with van der Waals surface area (Å²) in [5.41, 5.74) is 0.741. The van der Waals surface area contributed by atoms with Crippen LogP contribution < -0.4 is 10.9 Å². The van der Waals surface area contributed by atoms with Gasteiger partial charge in [0.25, 0.3) is 11.5 Å². The summed E-state index contributed by atoms with van der Waals surface area (Å²) < 4.78 is 38.6. The summed E-state index contributed by atoms with van der Waals surface area (Å²) in [7, 11) is 1.24. The second-order valence-electron chi connectivity index (χ2n) is 11.9. The Labute approximate surface area is 247 Å². The molecule has 3 aromatic rings. The third kappa shape index (κ3) is 5.56. The summed E-state index contributed by atoms with van der Waals surface area (Å²) in [6.07, 6.45) is -0.428. The molecule has 1 aromatic carbocycles. The van der Waals surface area contributed by atoms with Crippen molar-refractivity contribution in [3.05, 3.63) is 58.1 Å². The SMILES string of the molecule is COC(=O)[C@H](C)NC(=O)c1cc(=O)n(Cc2cn(C3O[C@H]4OC(C)(C)O[C@H]4[C@@H]4OC(C)(C)OC[C@@H]34)nn2)c2ccccc12. The Bertz CT molecular complexity index is 1620. The van der Waals surface area contributed by atoms with E-state index in [0.717, 1.165) is 0 Å². The molecule has 0 radical (unpaired) electrons. The summed E-state index contributed by atoms with van der Waals surface area (Å²) >= 11 is 0. The Kier molecular flexibility index (Phi) is 7.37. The zero-order valence-corrected chi connectivity index (χ0v) is 24.8. The van der Waals surface area contributed by atoms with E-state index in [2.05, 4.69) is 20.4 Å². The van der Waals surface area contributed by atoms with Crippen LogP contribution in [0.1, 0.15) is 56.9 Å². The molecule has 6 rings (SSSR count). The molecule has 1 amide bonds. The van der Waals surface area contributed by atoms with Gasteiger partial charge in [-0.3, -0.25) is 9.59 Å². The van der Waals surface area contributed by atoms with Crippen LogP contribution in [-0.4, -0.2) is 81.3 Å². The van der Waals surface area contributed by atoms with Gasteiger partial charge in [-0.2, -0.15) is 0 Å². The fraction of sp³-hybridized carbons (Fsp3) is 0.552. The predicted molar refractivity (Wildman–Crippen MR) is 149 cm³/mol. The highest BCUT2D eigenvalue weighted by Crippen LogP contribution is 2.46. The van der Waals surface area contributed by atoms with Crippen LogP contribution in [0.4, 0.5) is 0 Å². The van der Waals surface area contributed by atoms with Crippen LogP contribution in [0.3, 0.4) is 0 Å². The number of nitrogens with one attached hydrogen (secondary N) is 1. The lowest BCUT2D eigenvalue weighted by Gasteiger charge is -2.49. The van der Waals surface area contributed by atoms with Crippen LogP contribution in [-0.2, 0) is 39.8 Å². The maximum Gasteiger partial charge on any atom is 0.328 e. The van der Waals surface area contributed by atoms with Crippen molar-refractivity contribution in [3.8, 4) is 0 Å². The number of amides is 1. The van der Waals surface area contributed by atoms with Crippen molar-refractivity contribution < 1.29 is 38.0 Å². The molecule has 5 heterocycles. The summed E-state index contributed by atoms with van der Waals surface area (Å²) in [4.78, 5) is 38.2. The molecule has 3 fully saturated rings. The lowest BCUT2D eigenvalue weighted by Crippen LogP contribution is -2.59. The first-order chi connectivity index (χ1) is 20.4. The van der Waals surface area contributed by atoms with Crippen molar-refractivity contribution >= 4 is 22.8 Å². The van der Waals surface area contributed by atoms with E-state index in [-0.39, 0.29) is 24.1 Å². The predicted octanol–water partition coefficient (Wildman–Crippen LogP) is 1.71. The van der Waals surface area contributed by atoms with Crippen LogP contribution in [0, 0.1) is 5.92 Å². The molecule has 0 aliphatic carbocycles. The maximum absolute atomic E-state index is 13.3. The molecule has 14 nitrogen and oxygen atoms in total.